The summed E-state index contributed by atoms with van der Waals surface area (Å²) in [5.74, 6) is -2.59. The van der Waals surface area contributed by atoms with Crippen molar-refractivity contribution in [2.75, 3.05) is 6.61 Å². The molecule has 0 aromatic carbocycles. The van der Waals surface area contributed by atoms with E-state index in [1.807, 2.05) is 0 Å². The lowest BCUT2D eigenvalue weighted by molar-refractivity contribution is -0.157. The predicted molar refractivity (Wildman–Crippen MR) is 62.0 cm³/mol. The van der Waals surface area contributed by atoms with Gasteiger partial charge in [-0.2, -0.15) is 0 Å². The molecule has 104 valence electrons. The van der Waals surface area contributed by atoms with Crippen molar-refractivity contribution in [3.05, 3.63) is 0 Å². The summed E-state index contributed by atoms with van der Waals surface area (Å²) in [5.41, 5.74) is -2.99. The highest BCUT2D eigenvalue weighted by Crippen LogP contribution is 2.46. The summed E-state index contributed by atoms with van der Waals surface area (Å²) < 4.78 is 16.6. The number of aliphatic carboxylic acids is 2. The molecule has 1 saturated heterocycles. The van der Waals surface area contributed by atoms with Crippen LogP contribution in [0.25, 0.3) is 0 Å². The van der Waals surface area contributed by atoms with Crippen molar-refractivity contribution >= 4 is 20.0 Å². The molecule has 1 fully saturated rings. The molecule has 4 unspecified atom stereocenters. The zero-order chi connectivity index (χ0) is 13.9. The minimum atomic E-state index is -3.30. The molecule has 1 aliphatic rings. The fourth-order valence-corrected chi connectivity index (χ4v) is 3.46. The third kappa shape index (κ3) is 2.91. The third-order valence-electron chi connectivity index (χ3n) is 3.46. The van der Waals surface area contributed by atoms with Gasteiger partial charge >= 0.3 is 11.9 Å². The number of carboxylic acid groups (broad SMARTS) is 2. The first kappa shape index (κ1) is 15.1. The Bertz CT molecular complexity index is 363. The lowest BCUT2D eigenvalue weighted by Gasteiger charge is -2.35. The van der Waals surface area contributed by atoms with E-state index in [0.717, 1.165) is 0 Å². The molecule has 0 bridgehead atoms. The summed E-state index contributed by atoms with van der Waals surface area (Å²) in [5, 5.41) is 18.1. The van der Waals surface area contributed by atoms with Crippen LogP contribution in [0.4, 0.5) is 0 Å². The molecule has 4 atom stereocenters. The summed E-state index contributed by atoms with van der Waals surface area (Å²) in [7, 11) is -3.30. The van der Waals surface area contributed by atoms with Gasteiger partial charge in [0.2, 0.25) is 0 Å². The molecular formula is C10H17O7P. The third-order valence-corrected chi connectivity index (χ3v) is 4.86. The molecule has 1 aliphatic heterocycles. The van der Waals surface area contributed by atoms with Crippen molar-refractivity contribution in [1.82, 2.24) is 0 Å². The molecule has 0 saturated carbocycles. The van der Waals surface area contributed by atoms with Crippen LogP contribution in [0.5, 0.6) is 0 Å². The van der Waals surface area contributed by atoms with Crippen molar-refractivity contribution < 1.29 is 34.0 Å². The van der Waals surface area contributed by atoms with Crippen LogP contribution < -0.4 is 0 Å². The van der Waals surface area contributed by atoms with Crippen LogP contribution in [0, 0.1) is 5.41 Å². The second kappa shape index (κ2) is 5.82. The zero-order valence-corrected chi connectivity index (χ0v) is 11.0. The maximum absolute atomic E-state index is 11.4. The van der Waals surface area contributed by atoms with Crippen LogP contribution in [0.3, 0.4) is 0 Å². The molecule has 1 heterocycles. The van der Waals surface area contributed by atoms with E-state index in [4.69, 9.17) is 9.84 Å². The number of carboxylic acids is 2. The Kier molecular flexibility index (Phi) is 4.90. The Labute approximate surface area is 105 Å². The van der Waals surface area contributed by atoms with Crippen LogP contribution in [0.2, 0.25) is 0 Å². The van der Waals surface area contributed by atoms with Crippen molar-refractivity contribution in [1.29, 1.82) is 0 Å². The van der Waals surface area contributed by atoms with E-state index in [2.05, 4.69) is 0 Å². The highest BCUT2D eigenvalue weighted by molar-refractivity contribution is 7.39. The van der Waals surface area contributed by atoms with E-state index in [0.29, 0.717) is 19.4 Å². The lowest BCUT2D eigenvalue weighted by atomic mass is 9.78. The van der Waals surface area contributed by atoms with E-state index < -0.39 is 43.6 Å². The van der Waals surface area contributed by atoms with E-state index in [1.54, 1.807) is 0 Å². The van der Waals surface area contributed by atoms with Gasteiger partial charge in [-0.05, 0) is 19.8 Å². The van der Waals surface area contributed by atoms with Crippen molar-refractivity contribution in [3.8, 4) is 0 Å². The Morgan fingerprint density at radius 1 is 1.50 bits per heavy atom. The van der Waals surface area contributed by atoms with Gasteiger partial charge in [0, 0.05) is 6.61 Å². The average Bonchev–Trinajstić information content (AvgIpc) is 2.77. The SMILES string of the molecule is CC(C(=O)O)(C1CCCO1)C(CC(=O)O)[PH](=O)O. The molecule has 0 aliphatic carbocycles. The number of ether oxygens (including phenoxy) is 1. The van der Waals surface area contributed by atoms with Gasteiger partial charge in [0.1, 0.15) is 5.41 Å². The number of hydrogen-bond acceptors (Lipinski definition) is 4. The minimum absolute atomic E-state index is 0.389. The first-order valence-corrected chi connectivity index (χ1v) is 7.03. The standard InChI is InChI=1S/C10H17O7P/c1-10(9(13)14,6-3-2-4-17-6)7(18(15)16)5-8(11)12/h6-7,18H,2-5H2,1H3,(H,11,12)(H,13,14)(H,15,16). The molecule has 8 heteroatoms. The number of hydrogen-bond donors (Lipinski definition) is 3. The van der Waals surface area contributed by atoms with Gasteiger partial charge in [-0.3, -0.25) is 14.2 Å². The second-order valence-corrected chi connectivity index (χ2v) is 5.95. The van der Waals surface area contributed by atoms with E-state index in [-0.39, 0.29) is 0 Å². The maximum atomic E-state index is 11.4. The van der Waals surface area contributed by atoms with Gasteiger partial charge in [0.05, 0.1) is 18.2 Å². The Balaban J connectivity index is 3.09. The topological polar surface area (TPSA) is 121 Å². The maximum Gasteiger partial charge on any atom is 0.312 e. The molecule has 0 aromatic heterocycles. The molecule has 0 aromatic rings. The first-order valence-electron chi connectivity index (χ1n) is 5.59. The lowest BCUT2D eigenvalue weighted by Crippen LogP contribution is -2.48. The number of rotatable bonds is 6. The van der Waals surface area contributed by atoms with Gasteiger partial charge in [-0.15, -0.1) is 0 Å². The summed E-state index contributed by atoms with van der Waals surface area (Å²) in [6, 6.07) is 0. The first-order chi connectivity index (χ1) is 8.30. The van der Waals surface area contributed by atoms with Crippen LogP contribution in [0.15, 0.2) is 0 Å². The van der Waals surface area contributed by atoms with Crippen molar-refractivity contribution in [2.24, 2.45) is 5.41 Å². The van der Waals surface area contributed by atoms with Crippen LogP contribution in [0.1, 0.15) is 26.2 Å². The second-order valence-electron chi connectivity index (χ2n) is 4.58. The summed E-state index contributed by atoms with van der Waals surface area (Å²) in [6.07, 6.45) is -0.259. The summed E-state index contributed by atoms with van der Waals surface area (Å²) in [4.78, 5) is 31.4. The van der Waals surface area contributed by atoms with Crippen LogP contribution in [-0.4, -0.2) is 45.4 Å². The predicted octanol–water partition coefficient (Wildman–Crippen LogP) is 0.567. The van der Waals surface area contributed by atoms with Crippen molar-refractivity contribution in [2.45, 2.75) is 37.9 Å². The largest absolute Gasteiger partial charge is 0.481 e. The monoisotopic (exact) mass is 280 g/mol. The Hall–Kier alpha value is -0.910. The van der Waals surface area contributed by atoms with E-state index >= 15 is 0 Å². The molecule has 1 rings (SSSR count). The van der Waals surface area contributed by atoms with Crippen LogP contribution >= 0.6 is 8.03 Å². The van der Waals surface area contributed by atoms with Crippen LogP contribution in [-0.2, 0) is 18.9 Å². The molecule has 18 heavy (non-hydrogen) atoms. The van der Waals surface area contributed by atoms with Gasteiger partial charge in [0.25, 0.3) is 0 Å². The fraction of sp³-hybridized carbons (Fsp3) is 0.800. The molecule has 0 spiro atoms. The van der Waals surface area contributed by atoms with E-state index in [1.165, 1.54) is 6.92 Å². The normalized spacial score (nSPS) is 26.2. The summed E-state index contributed by atoms with van der Waals surface area (Å²) >= 11 is 0. The highest BCUT2D eigenvalue weighted by Gasteiger charge is 2.52. The van der Waals surface area contributed by atoms with Gasteiger partial charge < -0.3 is 19.8 Å². The number of carbonyl (C=O) groups is 2. The smallest absolute Gasteiger partial charge is 0.312 e. The minimum Gasteiger partial charge on any atom is -0.481 e. The highest BCUT2D eigenvalue weighted by atomic mass is 31.1. The Morgan fingerprint density at radius 3 is 2.44 bits per heavy atom. The fourth-order valence-electron chi connectivity index (χ4n) is 2.29. The van der Waals surface area contributed by atoms with E-state index in [9.17, 15) is 24.2 Å². The molecule has 0 amide bonds. The Morgan fingerprint density at radius 2 is 2.11 bits per heavy atom. The molecule has 7 nitrogen and oxygen atoms in total. The molecule has 3 N–H and O–H groups in total. The summed E-state index contributed by atoms with van der Waals surface area (Å²) in [6.45, 7) is 1.68. The van der Waals surface area contributed by atoms with Crippen molar-refractivity contribution in [3.63, 3.8) is 0 Å². The van der Waals surface area contributed by atoms with Gasteiger partial charge in [-0.1, -0.05) is 0 Å². The quantitative estimate of drug-likeness (QED) is 0.608. The molecular weight excluding hydrogens is 263 g/mol. The molecule has 0 radical (unpaired) electrons. The van der Waals surface area contributed by atoms with Gasteiger partial charge in [0.15, 0.2) is 8.03 Å². The zero-order valence-electron chi connectivity index (χ0n) is 9.96. The average molecular weight is 280 g/mol. The van der Waals surface area contributed by atoms with Gasteiger partial charge in [-0.25, -0.2) is 0 Å².